The molecule has 0 fully saturated rings. The van der Waals surface area contributed by atoms with Gasteiger partial charge >= 0.3 is 0 Å². The van der Waals surface area contributed by atoms with Crippen molar-refractivity contribution in [3.63, 3.8) is 0 Å². The van der Waals surface area contributed by atoms with E-state index in [0.717, 1.165) is 17.7 Å². The fourth-order valence-electron chi connectivity index (χ4n) is 2.77. The summed E-state index contributed by atoms with van der Waals surface area (Å²) in [6, 6.07) is 7.83. The molecule has 0 radical (unpaired) electrons. The second-order valence-corrected chi connectivity index (χ2v) is 5.98. The molecular weight excluding hydrogens is 274 g/mol. The first-order chi connectivity index (χ1) is 10.7. The molecule has 1 aliphatic rings. The van der Waals surface area contributed by atoms with Crippen molar-refractivity contribution >= 4 is 5.91 Å². The summed E-state index contributed by atoms with van der Waals surface area (Å²) in [5.74, 6) is 0.748. The first-order valence-corrected chi connectivity index (χ1v) is 8.38. The molecule has 22 heavy (non-hydrogen) atoms. The highest BCUT2D eigenvalue weighted by Crippen LogP contribution is 2.19. The van der Waals surface area contributed by atoms with Crippen LogP contribution in [0, 0.1) is 6.92 Å². The zero-order valence-electron chi connectivity index (χ0n) is 13.7. The smallest absolute Gasteiger partial charge is 0.261 e. The van der Waals surface area contributed by atoms with Crippen LogP contribution in [0.1, 0.15) is 51.0 Å². The molecular formula is C19H27NO2. The van der Waals surface area contributed by atoms with Gasteiger partial charge in [0.05, 0.1) is 0 Å². The van der Waals surface area contributed by atoms with Crippen LogP contribution < -0.4 is 10.1 Å². The van der Waals surface area contributed by atoms with Crippen LogP contribution in [-0.4, -0.2) is 18.6 Å². The van der Waals surface area contributed by atoms with Gasteiger partial charge in [0.15, 0.2) is 6.10 Å². The van der Waals surface area contributed by atoms with Gasteiger partial charge < -0.3 is 10.1 Å². The standard InChI is InChI=1S/C19H27NO2/c1-3-18(22-17-11-7-8-15(2)14-17)19(21)20-13-12-16-9-5-4-6-10-16/h7-9,11,14,18H,3-6,10,12-13H2,1-2H3,(H,20,21)/t18-/m0/s1. The minimum Gasteiger partial charge on any atom is -0.481 e. The van der Waals surface area contributed by atoms with Crippen molar-refractivity contribution < 1.29 is 9.53 Å². The molecule has 0 aliphatic heterocycles. The summed E-state index contributed by atoms with van der Waals surface area (Å²) in [4.78, 5) is 12.2. The van der Waals surface area contributed by atoms with E-state index in [2.05, 4.69) is 11.4 Å². The van der Waals surface area contributed by atoms with Crippen molar-refractivity contribution in [3.05, 3.63) is 41.5 Å². The van der Waals surface area contributed by atoms with Crippen molar-refractivity contribution in [2.75, 3.05) is 6.54 Å². The average Bonchev–Trinajstić information content (AvgIpc) is 2.53. The number of amides is 1. The summed E-state index contributed by atoms with van der Waals surface area (Å²) in [6.45, 7) is 4.70. The first kappa shape index (κ1) is 16.6. The van der Waals surface area contributed by atoms with Crippen molar-refractivity contribution in [2.45, 2.75) is 58.5 Å². The Kier molecular flexibility index (Phi) is 6.50. The number of carbonyl (C=O) groups excluding carboxylic acids is 1. The summed E-state index contributed by atoms with van der Waals surface area (Å²) < 4.78 is 5.82. The Morgan fingerprint density at radius 1 is 1.36 bits per heavy atom. The monoisotopic (exact) mass is 301 g/mol. The molecule has 0 unspecified atom stereocenters. The molecule has 1 amide bonds. The van der Waals surface area contributed by atoms with Crippen molar-refractivity contribution in [1.29, 1.82) is 0 Å². The summed E-state index contributed by atoms with van der Waals surface area (Å²) in [5, 5.41) is 3.01. The third-order valence-electron chi connectivity index (χ3n) is 4.06. The first-order valence-electron chi connectivity index (χ1n) is 8.38. The second kappa shape index (κ2) is 8.62. The molecule has 0 aromatic heterocycles. The van der Waals surface area contributed by atoms with Crippen molar-refractivity contribution in [2.24, 2.45) is 0 Å². The van der Waals surface area contributed by atoms with E-state index < -0.39 is 6.10 Å². The fraction of sp³-hybridized carbons (Fsp3) is 0.526. The fourth-order valence-corrected chi connectivity index (χ4v) is 2.77. The topological polar surface area (TPSA) is 38.3 Å². The normalized spacial score (nSPS) is 15.8. The molecule has 1 aromatic carbocycles. The van der Waals surface area contributed by atoms with Gasteiger partial charge in [-0.25, -0.2) is 0 Å². The van der Waals surface area contributed by atoms with Crippen LogP contribution >= 0.6 is 0 Å². The Bertz CT molecular complexity index is 522. The van der Waals surface area contributed by atoms with Gasteiger partial charge in [-0.2, -0.15) is 0 Å². The van der Waals surface area contributed by atoms with E-state index in [1.165, 1.54) is 31.3 Å². The van der Waals surface area contributed by atoms with Gasteiger partial charge in [0.25, 0.3) is 5.91 Å². The quantitative estimate of drug-likeness (QED) is 0.768. The zero-order valence-corrected chi connectivity index (χ0v) is 13.7. The van der Waals surface area contributed by atoms with E-state index in [-0.39, 0.29) is 5.91 Å². The summed E-state index contributed by atoms with van der Waals surface area (Å²) >= 11 is 0. The van der Waals surface area contributed by atoms with Gasteiger partial charge in [0, 0.05) is 6.54 Å². The Morgan fingerprint density at radius 3 is 2.91 bits per heavy atom. The maximum absolute atomic E-state index is 12.2. The molecule has 0 saturated heterocycles. The van der Waals surface area contributed by atoms with Crippen LogP contribution in [0.2, 0.25) is 0 Å². The van der Waals surface area contributed by atoms with Crippen LogP contribution in [0.25, 0.3) is 0 Å². The highest BCUT2D eigenvalue weighted by atomic mass is 16.5. The van der Waals surface area contributed by atoms with Crippen LogP contribution in [0.15, 0.2) is 35.9 Å². The lowest BCUT2D eigenvalue weighted by atomic mass is 9.97. The number of nitrogens with one attached hydrogen (secondary N) is 1. The molecule has 0 bridgehead atoms. The van der Waals surface area contributed by atoms with Crippen LogP contribution in [0.3, 0.4) is 0 Å². The maximum atomic E-state index is 12.2. The highest BCUT2D eigenvalue weighted by Gasteiger charge is 2.18. The number of aryl methyl sites for hydroxylation is 1. The van der Waals surface area contributed by atoms with Crippen molar-refractivity contribution in [3.8, 4) is 5.75 Å². The number of hydrogen-bond donors (Lipinski definition) is 1. The maximum Gasteiger partial charge on any atom is 0.261 e. The van der Waals surface area contributed by atoms with Crippen LogP contribution in [-0.2, 0) is 4.79 Å². The Balaban J connectivity index is 1.79. The Labute approximate surface area is 133 Å². The van der Waals surface area contributed by atoms with E-state index in [0.29, 0.717) is 13.0 Å². The molecule has 3 nitrogen and oxygen atoms in total. The van der Waals surface area contributed by atoms with E-state index in [1.54, 1.807) is 0 Å². The SMILES string of the molecule is CC[C@H](Oc1cccc(C)c1)C(=O)NCCC1=CCCCC1. The minimum atomic E-state index is -0.415. The zero-order chi connectivity index (χ0) is 15.8. The number of ether oxygens (including phenoxy) is 1. The lowest BCUT2D eigenvalue weighted by Crippen LogP contribution is -2.38. The molecule has 1 aromatic rings. The molecule has 120 valence electrons. The molecule has 0 saturated carbocycles. The van der Waals surface area contributed by atoms with E-state index in [4.69, 9.17) is 4.74 Å². The second-order valence-electron chi connectivity index (χ2n) is 5.98. The third kappa shape index (κ3) is 5.21. The van der Waals surface area contributed by atoms with E-state index >= 15 is 0 Å². The summed E-state index contributed by atoms with van der Waals surface area (Å²) in [7, 11) is 0. The van der Waals surface area contributed by atoms with Gasteiger partial charge in [-0.1, -0.05) is 30.7 Å². The Hall–Kier alpha value is -1.77. The summed E-state index contributed by atoms with van der Waals surface area (Å²) in [5.41, 5.74) is 2.62. The minimum absolute atomic E-state index is 0.0135. The van der Waals surface area contributed by atoms with Crippen molar-refractivity contribution in [1.82, 2.24) is 5.32 Å². The van der Waals surface area contributed by atoms with Gasteiger partial charge in [-0.05, 0) is 63.1 Å². The Morgan fingerprint density at radius 2 is 2.23 bits per heavy atom. The molecule has 1 aliphatic carbocycles. The number of hydrogen-bond acceptors (Lipinski definition) is 2. The lowest BCUT2D eigenvalue weighted by molar-refractivity contribution is -0.128. The molecule has 3 heteroatoms. The third-order valence-corrected chi connectivity index (χ3v) is 4.06. The highest BCUT2D eigenvalue weighted by molar-refractivity contribution is 5.81. The van der Waals surface area contributed by atoms with E-state index in [1.807, 2.05) is 38.1 Å². The van der Waals surface area contributed by atoms with E-state index in [9.17, 15) is 4.79 Å². The molecule has 0 heterocycles. The predicted molar refractivity (Wildman–Crippen MR) is 90.1 cm³/mol. The summed E-state index contributed by atoms with van der Waals surface area (Å²) in [6.07, 6.45) is 8.52. The van der Waals surface area contributed by atoms with Gasteiger partial charge in [-0.3, -0.25) is 4.79 Å². The molecule has 0 spiro atoms. The van der Waals surface area contributed by atoms with Gasteiger partial charge in [0.1, 0.15) is 5.75 Å². The van der Waals surface area contributed by atoms with Gasteiger partial charge in [0.2, 0.25) is 0 Å². The lowest BCUT2D eigenvalue weighted by Gasteiger charge is -2.18. The largest absolute Gasteiger partial charge is 0.481 e. The predicted octanol–water partition coefficient (Wildman–Crippen LogP) is 4.16. The van der Waals surface area contributed by atoms with Crippen LogP contribution in [0.5, 0.6) is 5.75 Å². The average molecular weight is 301 g/mol. The molecule has 1 atom stereocenters. The number of allylic oxidation sites excluding steroid dienone is 1. The number of benzene rings is 1. The molecule has 2 rings (SSSR count). The van der Waals surface area contributed by atoms with Gasteiger partial charge in [-0.15, -0.1) is 0 Å². The molecule has 1 N–H and O–H groups in total. The number of rotatable bonds is 7. The number of carbonyl (C=O) groups is 1. The van der Waals surface area contributed by atoms with Crippen LogP contribution in [0.4, 0.5) is 0 Å².